The number of ether oxygens (including phenoxy) is 2. The van der Waals surface area contributed by atoms with Crippen LogP contribution in [-0.2, 0) is 19.1 Å². The highest BCUT2D eigenvalue weighted by atomic mass is 16.6. The number of carboxylic acids is 1. The molecule has 1 aliphatic rings. The van der Waals surface area contributed by atoms with Crippen molar-refractivity contribution in [1.29, 1.82) is 0 Å². The lowest BCUT2D eigenvalue weighted by molar-refractivity contribution is -0.142. The molecule has 0 bridgehead atoms. The Balaban J connectivity index is 2.00. The van der Waals surface area contributed by atoms with Gasteiger partial charge in [-0.1, -0.05) is 6.07 Å². The van der Waals surface area contributed by atoms with E-state index in [0.717, 1.165) is 6.08 Å². The van der Waals surface area contributed by atoms with E-state index in [-0.39, 0.29) is 12.5 Å². The van der Waals surface area contributed by atoms with Crippen LogP contribution in [0.5, 0.6) is 0 Å². The molecule has 1 fully saturated rings. The lowest BCUT2D eigenvalue weighted by atomic mass is 10.3. The van der Waals surface area contributed by atoms with Crippen LogP contribution < -0.4 is 5.32 Å². The molecule has 1 aromatic rings. The third-order valence-electron chi connectivity index (χ3n) is 2.53. The topological polar surface area (TPSA) is 97.8 Å². The molecule has 2 rings (SSSR count). The number of anilines is 1. The predicted molar refractivity (Wildman–Crippen MR) is 70.1 cm³/mol. The van der Waals surface area contributed by atoms with Gasteiger partial charge in [-0.05, 0) is 18.2 Å². The molecule has 2 N–H and O–H groups in total. The summed E-state index contributed by atoms with van der Waals surface area (Å²) in [5, 5.41) is 11.1. The van der Waals surface area contributed by atoms with Crippen molar-refractivity contribution in [2.75, 3.05) is 25.1 Å². The first-order valence-electron chi connectivity index (χ1n) is 6.03. The second-order valence-corrected chi connectivity index (χ2v) is 4.04. The molecule has 0 radical (unpaired) electrons. The molecular weight excluding hydrogens is 264 g/mol. The molecule has 106 valence electrons. The number of nitrogens with zero attached hydrogens (tertiary/aromatic N) is 1. The number of carbonyl (C=O) groups excluding carboxylic acids is 1. The summed E-state index contributed by atoms with van der Waals surface area (Å²) < 4.78 is 10.4. The summed E-state index contributed by atoms with van der Waals surface area (Å²) in [4.78, 5) is 26.4. The van der Waals surface area contributed by atoms with E-state index in [2.05, 4.69) is 10.3 Å². The second kappa shape index (κ2) is 6.78. The fourth-order valence-corrected chi connectivity index (χ4v) is 1.62. The van der Waals surface area contributed by atoms with Gasteiger partial charge in [0.25, 0.3) is 5.91 Å². The molecule has 0 saturated carbocycles. The van der Waals surface area contributed by atoms with E-state index in [9.17, 15) is 9.59 Å². The van der Waals surface area contributed by atoms with Gasteiger partial charge in [0.05, 0.1) is 25.5 Å². The van der Waals surface area contributed by atoms with E-state index in [0.29, 0.717) is 24.7 Å². The molecule has 1 saturated heterocycles. The molecule has 2 heterocycles. The minimum atomic E-state index is -1.06. The SMILES string of the molecule is O=C(O)C=Cc1cccc(NC(=O)C2COCCO2)n1. The second-order valence-electron chi connectivity index (χ2n) is 4.04. The highest BCUT2D eigenvalue weighted by Crippen LogP contribution is 2.09. The number of hydrogen-bond acceptors (Lipinski definition) is 5. The molecule has 1 aliphatic heterocycles. The lowest BCUT2D eigenvalue weighted by Gasteiger charge is -2.21. The van der Waals surface area contributed by atoms with Gasteiger partial charge in [0.15, 0.2) is 6.10 Å². The van der Waals surface area contributed by atoms with Gasteiger partial charge in [-0.2, -0.15) is 0 Å². The maximum Gasteiger partial charge on any atom is 0.328 e. The number of pyridine rings is 1. The number of hydrogen-bond donors (Lipinski definition) is 2. The van der Waals surface area contributed by atoms with Crippen LogP contribution in [0.3, 0.4) is 0 Å². The first-order valence-corrected chi connectivity index (χ1v) is 6.03. The Hall–Kier alpha value is -2.25. The lowest BCUT2D eigenvalue weighted by Crippen LogP contribution is -2.39. The van der Waals surface area contributed by atoms with Gasteiger partial charge >= 0.3 is 5.97 Å². The van der Waals surface area contributed by atoms with Crippen molar-refractivity contribution >= 4 is 23.8 Å². The number of rotatable bonds is 4. The average Bonchev–Trinajstić information content (AvgIpc) is 2.46. The standard InChI is InChI=1S/C13H14N2O5/c16-12(17)5-4-9-2-1-3-11(14-9)15-13(18)10-8-19-6-7-20-10/h1-5,10H,6-8H2,(H,16,17)(H,14,15,18). The molecule has 1 unspecified atom stereocenters. The number of aromatic nitrogens is 1. The fourth-order valence-electron chi connectivity index (χ4n) is 1.62. The van der Waals surface area contributed by atoms with Gasteiger partial charge < -0.3 is 19.9 Å². The molecule has 0 aliphatic carbocycles. The summed E-state index contributed by atoms with van der Waals surface area (Å²) >= 11 is 0. The van der Waals surface area contributed by atoms with Gasteiger partial charge in [-0.15, -0.1) is 0 Å². The van der Waals surface area contributed by atoms with Crippen LogP contribution in [0.1, 0.15) is 5.69 Å². The highest BCUT2D eigenvalue weighted by molar-refractivity contribution is 5.93. The highest BCUT2D eigenvalue weighted by Gasteiger charge is 2.22. The van der Waals surface area contributed by atoms with Crippen LogP contribution >= 0.6 is 0 Å². The van der Waals surface area contributed by atoms with Crippen LogP contribution in [0.15, 0.2) is 24.3 Å². The Kier molecular flexibility index (Phi) is 4.80. The Morgan fingerprint density at radius 3 is 2.95 bits per heavy atom. The van der Waals surface area contributed by atoms with Crippen LogP contribution in [-0.4, -0.2) is 47.9 Å². The molecule has 7 nitrogen and oxygen atoms in total. The summed E-state index contributed by atoms with van der Waals surface area (Å²) in [6.45, 7) is 1.08. The molecule has 1 aromatic heterocycles. The maximum absolute atomic E-state index is 11.9. The molecule has 0 aromatic carbocycles. The minimum absolute atomic E-state index is 0.213. The van der Waals surface area contributed by atoms with Crippen molar-refractivity contribution in [3.63, 3.8) is 0 Å². The average molecular weight is 278 g/mol. The first kappa shape index (κ1) is 14.2. The molecule has 1 atom stereocenters. The maximum atomic E-state index is 11.9. The van der Waals surface area contributed by atoms with Crippen molar-refractivity contribution in [2.45, 2.75) is 6.10 Å². The van der Waals surface area contributed by atoms with Crippen molar-refractivity contribution < 1.29 is 24.2 Å². The normalized spacial score (nSPS) is 18.9. The summed E-state index contributed by atoms with van der Waals surface area (Å²) in [6.07, 6.45) is 1.67. The zero-order valence-electron chi connectivity index (χ0n) is 10.6. The zero-order chi connectivity index (χ0) is 14.4. The largest absolute Gasteiger partial charge is 0.478 e. The molecule has 7 heteroatoms. The van der Waals surface area contributed by atoms with Crippen LogP contribution in [0.4, 0.5) is 5.82 Å². The Morgan fingerprint density at radius 1 is 1.40 bits per heavy atom. The molecule has 20 heavy (non-hydrogen) atoms. The number of carbonyl (C=O) groups is 2. The van der Waals surface area contributed by atoms with Gasteiger partial charge in [0.1, 0.15) is 5.82 Å². The Bertz CT molecular complexity index is 523. The predicted octanol–water partition coefficient (Wildman–Crippen LogP) is 0.533. The van der Waals surface area contributed by atoms with Crippen molar-refractivity contribution in [2.24, 2.45) is 0 Å². The summed E-state index contributed by atoms with van der Waals surface area (Å²) in [5.74, 6) is -1.07. The smallest absolute Gasteiger partial charge is 0.328 e. The van der Waals surface area contributed by atoms with E-state index < -0.39 is 12.1 Å². The quantitative estimate of drug-likeness (QED) is 0.780. The summed E-state index contributed by atoms with van der Waals surface area (Å²) in [7, 11) is 0. The Labute approximate surface area is 115 Å². The number of amides is 1. The monoisotopic (exact) mass is 278 g/mol. The van der Waals surface area contributed by atoms with E-state index in [4.69, 9.17) is 14.6 Å². The summed E-state index contributed by atoms with van der Waals surface area (Å²) in [5.41, 5.74) is 0.436. The van der Waals surface area contributed by atoms with Crippen molar-refractivity contribution in [1.82, 2.24) is 4.98 Å². The van der Waals surface area contributed by atoms with E-state index >= 15 is 0 Å². The van der Waals surface area contributed by atoms with Crippen molar-refractivity contribution in [3.8, 4) is 0 Å². The Morgan fingerprint density at radius 2 is 2.25 bits per heavy atom. The number of carboxylic acid groups (broad SMARTS) is 1. The number of aliphatic carboxylic acids is 1. The molecular formula is C13H14N2O5. The first-order chi connectivity index (χ1) is 9.65. The third-order valence-corrected chi connectivity index (χ3v) is 2.53. The molecule has 1 amide bonds. The van der Waals surface area contributed by atoms with E-state index in [1.54, 1.807) is 18.2 Å². The zero-order valence-corrected chi connectivity index (χ0v) is 10.6. The van der Waals surface area contributed by atoms with Gasteiger partial charge in [0.2, 0.25) is 0 Å². The van der Waals surface area contributed by atoms with E-state index in [1.807, 2.05) is 0 Å². The van der Waals surface area contributed by atoms with Gasteiger partial charge in [-0.25, -0.2) is 9.78 Å². The van der Waals surface area contributed by atoms with Crippen LogP contribution in [0.25, 0.3) is 6.08 Å². The van der Waals surface area contributed by atoms with Crippen LogP contribution in [0, 0.1) is 0 Å². The van der Waals surface area contributed by atoms with Gasteiger partial charge in [0, 0.05) is 6.08 Å². The molecule has 0 spiro atoms. The summed E-state index contributed by atoms with van der Waals surface area (Å²) in [6, 6.07) is 4.91. The van der Waals surface area contributed by atoms with Crippen LogP contribution in [0.2, 0.25) is 0 Å². The number of nitrogens with one attached hydrogen (secondary N) is 1. The van der Waals surface area contributed by atoms with Gasteiger partial charge in [-0.3, -0.25) is 4.79 Å². The minimum Gasteiger partial charge on any atom is -0.478 e. The van der Waals surface area contributed by atoms with Crippen molar-refractivity contribution in [3.05, 3.63) is 30.0 Å². The van der Waals surface area contributed by atoms with E-state index in [1.165, 1.54) is 6.08 Å². The fraction of sp³-hybridized carbons (Fsp3) is 0.308. The third kappa shape index (κ3) is 4.15.